The maximum absolute atomic E-state index is 12.9. The fourth-order valence-electron chi connectivity index (χ4n) is 2.29. The van der Waals surface area contributed by atoms with Crippen molar-refractivity contribution in [2.75, 3.05) is 34.0 Å². The Kier molecular flexibility index (Phi) is 7.04. The number of hydrogen-bond donors (Lipinski definition) is 1. The van der Waals surface area contributed by atoms with E-state index in [1.165, 1.54) is 13.2 Å². The van der Waals surface area contributed by atoms with E-state index in [0.29, 0.717) is 30.2 Å². The van der Waals surface area contributed by atoms with Crippen molar-refractivity contribution in [3.63, 3.8) is 0 Å². The molecule has 0 fully saturated rings. The molecule has 8 nitrogen and oxygen atoms in total. The monoisotopic (exact) mass is 363 g/mol. The van der Waals surface area contributed by atoms with E-state index in [1.54, 1.807) is 42.5 Å². The molecule has 0 aliphatic heterocycles. The van der Waals surface area contributed by atoms with E-state index >= 15 is 0 Å². The normalized spacial score (nSPS) is 10.4. The third kappa shape index (κ3) is 5.25. The van der Waals surface area contributed by atoms with Gasteiger partial charge in [0.2, 0.25) is 0 Å². The van der Waals surface area contributed by atoms with Gasteiger partial charge in [-0.25, -0.2) is 4.79 Å². The van der Waals surface area contributed by atoms with Gasteiger partial charge in [-0.1, -0.05) is 0 Å². The molecule has 0 bridgehead atoms. The molecule has 0 saturated heterocycles. The van der Waals surface area contributed by atoms with E-state index in [9.17, 15) is 9.59 Å². The van der Waals surface area contributed by atoms with Gasteiger partial charge in [0.1, 0.15) is 5.76 Å². The SMILES string of the molecule is COCCN(Cc1ccco1)C(=O)c1ccc(OC)c(OCC(=O)O)c1. The molecule has 0 saturated carbocycles. The Labute approximate surface area is 150 Å². The molecule has 1 aromatic heterocycles. The number of carbonyl (C=O) groups excluding carboxylic acids is 1. The first kappa shape index (κ1) is 19.3. The highest BCUT2D eigenvalue weighted by Gasteiger charge is 2.19. The summed E-state index contributed by atoms with van der Waals surface area (Å²) in [6.45, 7) is 0.485. The fraction of sp³-hybridized carbons (Fsp3) is 0.333. The summed E-state index contributed by atoms with van der Waals surface area (Å²) in [5.41, 5.74) is 0.342. The van der Waals surface area contributed by atoms with Gasteiger partial charge in [-0.2, -0.15) is 0 Å². The Bertz CT molecular complexity index is 727. The molecule has 0 radical (unpaired) electrons. The molecule has 8 heteroatoms. The van der Waals surface area contributed by atoms with Crippen LogP contribution in [-0.4, -0.2) is 55.9 Å². The first-order chi connectivity index (χ1) is 12.5. The summed E-state index contributed by atoms with van der Waals surface area (Å²) in [6, 6.07) is 8.15. The van der Waals surface area contributed by atoms with Crippen molar-refractivity contribution >= 4 is 11.9 Å². The molecule has 0 atom stereocenters. The van der Waals surface area contributed by atoms with Crippen LogP contribution in [0.1, 0.15) is 16.1 Å². The number of ether oxygens (including phenoxy) is 3. The van der Waals surface area contributed by atoms with Gasteiger partial charge in [0, 0.05) is 19.2 Å². The number of carboxylic acids is 1. The lowest BCUT2D eigenvalue weighted by Crippen LogP contribution is -2.33. The second-order valence-corrected chi connectivity index (χ2v) is 5.35. The molecular weight excluding hydrogens is 342 g/mol. The molecule has 140 valence electrons. The lowest BCUT2D eigenvalue weighted by Gasteiger charge is -2.22. The number of nitrogens with zero attached hydrogens (tertiary/aromatic N) is 1. The number of carbonyl (C=O) groups is 2. The lowest BCUT2D eigenvalue weighted by molar-refractivity contribution is -0.139. The molecule has 2 aromatic rings. The number of hydrogen-bond acceptors (Lipinski definition) is 6. The van der Waals surface area contributed by atoms with Crippen LogP contribution >= 0.6 is 0 Å². The summed E-state index contributed by atoms with van der Waals surface area (Å²) in [5, 5.41) is 8.78. The summed E-state index contributed by atoms with van der Waals surface area (Å²) in [5.74, 6) is -0.211. The Morgan fingerprint density at radius 1 is 1.19 bits per heavy atom. The Balaban J connectivity index is 2.22. The van der Waals surface area contributed by atoms with Gasteiger partial charge >= 0.3 is 5.97 Å². The van der Waals surface area contributed by atoms with Crippen LogP contribution in [0.15, 0.2) is 41.0 Å². The Hall–Kier alpha value is -3.00. The molecule has 0 aliphatic rings. The van der Waals surface area contributed by atoms with Gasteiger partial charge in [0.15, 0.2) is 18.1 Å². The smallest absolute Gasteiger partial charge is 0.341 e. The van der Waals surface area contributed by atoms with Gasteiger partial charge in [-0.15, -0.1) is 0 Å². The van der Waals surface area contributed by atoms with Gasteiger partial charge in [0.05, 0.1) is 26.5 Å². The van der Waals surface area contributed by atoms with Crippen molar-refractivity contribution in [1.29, 1.82) is 0 Å². The van der Waals surface area contributed by atoms with Crippen molar-refractivity contribution < 1.29 is 33.3 Å². The zero-order valence-corrected chi connectivity index (χ0v) is 14.6. The summed E-state index contributed by atoms with van der Waals surface area (Å²) in [6.07, 6.45) is 1.54. The minimum absolute atomic E-state index is 0.186. The van der Waals surface area contributed by atoms with Crippen molar-refractivity contribution in [3.8, 4) is 11.5 Å². The van der Waals surface area contributed by atoms with Gasteiger partial charge in [-0.05, 0) is 30.3 Å². The maximum atomic E-state index is 12.9. The molecule has 0 aliphatic carbocycles. The van der Waals surface area contributed by atoms with E-state index < -0.39 is 12.6 Å². The van der Waals surface area contributed by atoms with Crippen LogP contribution in [0.4, 0.5) is 0 Å². The molecule has 0 unspecified atom stereocenters. The standard InChI is InChI=1S/C18H21NO7/c1-23-9-7-19(11-14-4-3-8-25-14)18(22)13-5-6-15(24-2)16(10-13)26-12-17(20)21/h3-6,8,10H,7,9,11-12H2,1-2H3,(H,20,21). The minimum atomic E-state index is -1.12. The highest BCUT2D eigenvalue weighted by Crippen LogP contribution is 2.28. The first-order valence-corrected chi connectivity index (χ1v) is 7.88. The van der Waals surface area contributed by atoms with Crippen molar-refractivity contribution in [2.45, 2.75) is 6.54 Å². The van der Waals surface area contributed by atoms with Crippen LogP contribution in [0, 0.1) is 0 Å². The van der Waals surface area contributed by atoms with Crippen LogP contribution < -0.4 is 9.47 Å². The second kappa shape index (κ2) is 9.47. The molecule has 1 amide bonds. The third-order valence-corrected chi connectivity index (χ3v) is 3.54. The predicted octanol–water partition coefficient (Wildman–Crippen LogP) is 2.04. The molecule has 1 aromatic carbocycles. The third-order valence-electron chi connectivity index (χ3n) is 3.54. The zero-order valence-electron chi connectivity index (χ0n) is 14.6. The molecular formula is C18H21NO7. The first-order valence-electron chi connectivity index (χ1n) is 7.88. The molecule has 26 heavy (non-hydrogen) atoms. The van der Waals surface area contributed by atoms with Crippen LogP contribution in [0.3, 0.4) is 0 Å². The van der Waals surface area contributed by atoms with Crippen LogP contribution in [0.5, 0.6) is 11.5 Å². The van der Waals surface area contributed by atoms with E-state index in [-0.39, 0.29) is 18.2 Å². The highest BCUT2D eigenvalue weighted by atomic mass is 16.5. The summed E-state index contributed by atoms with van der Waals surface area (Å²) >= 11 is 0. The highest BCUT2D eigenvalue weighted by molar-refractivity contribution is 5.95. The van der Waals surface area contributed by atoms with Gasteiger partial charge < -0.3 is 28.6 Å². The molecule has 2 rings (SSSR count). The van der Waals surface area contributed by atoms with Crippen molar-refractivity contribution in [2.24, 2.45) is 0 Å². The van der Waals surface area contributed by atoms with Gasteiger partial charge in [-0.3, -0.25) is 4.79 Å². The fourth-order valence-corrected chi connectivity index (χ4v) is 2.29. The van der Waals surface area contributed by atoms with Gasteiger partial charge in [0.25, 0.3) is 5.91 Å². The molecule has 1 heterocycles. The van der Waals surface area contributed by atoms with Crippen LogP contribution in [0.2, 0.25) is 0 Å². The number of furan rings is 1. The zero-order chi connectivity index (χ0) is 18.9. The second-order valence-electron chi connectivity index (χ2n) is 5.35. The summed E-state index contributed by atoms with van der Waals surface area (Å²) < 4.78 is 20.7. The van der Waals surface area contributed by atoms with E-state index in [1.807, 2.05) is 0 Å². The minimum Gasteiger partial charge on any atom is -0.493 e. The van der Waals surface area contributed by atoms with Crippen molar-refractivity contribution in [3.05, 3.63) is 47.9 Å². The topological polar surface area (TPSA) is 98.4 Å². The summed E-state index contributed by atoms with van der Waals surface area (Å²) in [7, 11) is 2.99. The van der Waals surface area contributed by atoms with E-state index in [2.05, 4.69) is 0 Å². The Morgan fingerprint density at radius 3 is 2.62 bits per heavy atom. The number of amides is 1. The maximum Gasteiger partial charge on any atom is 0.341 e. The number of carboxylic acid groups (broad SMARTS) is 1. The average Bonchev–Trinajstić information content (AvgIpc) is 3.15. The Morgan fingerprint density at radius 2 is 2.00 bits per heavy atom. The van der Waals surface area contributed by atoms with Crippen molar-refractivity contribution in [1.82, 2.24) is 4.90 Å². The van der Waals surface area contributed by atoms with Crippen LogP contribution in [-0.2, 0) is 16.1 Å². The number of rotatable bonds is 10. The number of benzene rings is 1. The molecule has 0 spiro atoms. The van der Waals surface area contributed by atoms with Crippen LogP contribution in [0.25, 0.3) is 0 Å². The van der Waals surface area contributed by atoms with E-state index in [4.69, 9.17) is 23.7 Å². The largest absolute Gasteiger partial charge is 0.493 e. The lowest BCUT2D eigenvalue weighted by atomic mass is 10.1. The molecule has 1 N–H and O–H groups in total. The van der Waals surface area contributed by atoms with E-state index in [0.717, 1.165) is 0 Å². The number of methoxy groups -OCH3 is 2. The summed E-state index contributed by atoms with van der Waals surface area (Å²) in [4.78, 5) is 25.2. The average molecular weight is 363 g/mol. The predicted molar refractivity (Wildman–Crippen MR) is 91.4 cm³/mol. The quantitative estimate of drug-likeness (QED) is 0.690. The number of aliphatic carboxylic acids is 1.